The highest BCUT2D eigenvalue weighted by atomic mass is 19.4. The van der Waals surface area contributed by atoms with Gasteiger partial charge >= 0.3 is 6.18 Å². The minimum Gasteiger partial charge on any atom is -0.396 e. The Labute approximate surface area is 157 Å². The van der Waals surface area contributed by atoms with Gasteiger partial charge in [-0.3, -0.25) is 0 Å². The molecule has 1 aliphatic heterocycles. The van der Waals surface area contributed by atoms with Crippen LogP contribution in [0.5, 0.6) is 0 Å². The number of aryl methyl sites for hydroxylation is 1. The average Bonchev–Trinajstić information content (AvgIpc) is 2.68. The molecule has 7 heteroatoms. The molecule has 27 heavy (non-hydrogen) atoms. The molecule has 146 valence electrons. The van der Waals surface area contributed by atoms with Crippen molar-refractivity contribution in [2.45, 2.75) is 38.3 Å². The summed E-state index contributed by atoms with van der Waals surface area (Å²) in [6.07, 6.45) is 0.833. The highest BCUT2D eigenvalue weighted by Crippen LogP contribution is 2.37. The third kappa shape index (κ3) is 4.97. The minimum atomic E-state index is -4.49. The van der Waals surface area contributed by atoms with E-state index in [9.17, 15) is 18.3 Å². The summed E-state index contributed by atoms with van der Waals surface area (Å²) in [5, 5.41) is 10.0. The molecule has 1 unspecified atom stereocenters. The summed E-state index contributed by atoms with van der Waals surface area (Å²) in [6.45, 7) is 1.16. The Bertz CT molecular complexity index is 739. The zero-order valence-corrected chi connectivity index (χ0v) is 15.1. The highest BCUT2D eigenvalue weighted by Gasteiger charge is 2.37. The van der Waals surface area contributed by atoms with Crippen molar-refractivity contribution in [3.8, 4) is 0 Å². The van der Waals surface area contributed by atoms with Crippen LogP contribution in [0.1, 0.15) is 36.9 Å². The molecule has 0 radical (unpaired) electrons. The molecule has 3 rings (SSSR count). The number of alkyl halides is 3. The third-order valence-corrected chi connectivity index (χ3v) is 5.28. The van der Waals surface area contributed by atoms with Gasteiger partial charge < -0.3 is 10.0 Å². The lowest BCUT2D eigenvalue weighted by Crippen LogP contribution is -2.46. The largest absolute Gasteiger partial charge is 0.433 e. The molecule has 0 saturated carbocycles. The fourth-order valence-electron chi connectivity index (χ4n) is 3.80. The molecule has 0 aliphatic carbocycles. The molecular weight excluding hydrogens is 355 g/mol. The minimum absolute atomic E-state index is 0.0233. The number of aliphatic hydroxyl groups is 1. The second-order valence-corrected chi connectivity index (χ2v) is 7.28. The first-order valence-electron chi connectivity index (χ1n) is 9.21. The standard InChI is InChI=1S/C20H24F3N3O/c21-20(22,23)17-12-18(25-15-24-17)26-11-5-10-19(13-26,14-27)9-4-8-16-6-2-1-3-7-16/h1-3,6-7,12,15,27H,4-5,8-11,13-14H2. The number of rotatable bonds is 6. The van der Waals surface area contributed by atoms with Crippen LogP contribution in [0.3, 0.4) is 0 Å². The maximum Gasteiger partial charge on any atom is 0.433 e. The van der Waals surface area contributed by atoms with E-state index in [0.29, 0.717) is 13.1 Å². The molecule has 1 aromatic heterocycles. The fraction of sp³-hybridized carbons (Fsp3) is 0.500. The summed E-state index contributed by atoms with van der Waals surface area (Å²) >= 11 is 0. The van der Waals surface area contributed by atoms with Crippen molar-refractivity contribution < 1.29 is 18.3 Å². The van der Waals surface area contributed by atoms with E-state index < -0.39 is 11.9 Å². The third-order valence-electron chi connectivity index (χ3n) is 5.28. The molecule has 1 atom stereocenters. The lowest BCUT2D eigenvalue weighted by atomic mass is 9.76. The van der Waals surface area contributed by atoms with Gasteiger partial charge in [-0.15, -0.1) is 0 Å². The molecule has 0 spiro atoms. The fourth-order valence-corrected chi connectivity index (χ4v) is 3.80. The van der Waals surface area contributed by atoms with Crippen molar-refractivity contribution in [1.82, 2.24) is 9.97 Å². The molecule has 1 saturated heterocycles. The SMILES string of the molecule is OCC1(CCCc2ccccc2)CCCN(c2cc(C(F)(F)F)ncn2)C1. The van der Waals surface area contributed by atoms with Gasteiger partial charge in [-0.1, -0.05) is 30.3 Å². The highest BCUT2D eigenvalue weighted by molar-refractivity contribution is 5.40. The maximum atomic E-state index is 12.9. The van der Waals surface area contributed by atoms with Crippen LogP contribution in [-0.4, -0.2) is 34.8 Å². The first-order valence-corrected chi connectivity index (χ1v) is 9.21. The Kier molecular flexibility index (Phi) is 5.99. The predicted molar refractivity (Wildman–Crippen MR) is 97.4 cm³/mol. The van der Waals surface area contributed by atoms with Gasteiger partial charge in [0.2, 0.25) is 0 Å². The van der Waals surface area contributed by atoms with Crippen LogP contribution >= 0.6 is 0 Å². The van der Waals surface area contributed by atoms with Crippen molar-refractivity contribution in [3.05, 3.63) is 54.0 Å². The quantitative estimate of drug-likeness (QED) is 0.821. The molecule has 2 heterocycles. The molecule has 4 nitrogen and oxygen atoms in total. The van der Waals surface area contributed by atoms with Crippen molar-refractivity contribution in [1.29, 1.82) is 0 Å². The number of nitrogens with zero attached hydrogens (tertiary/aromatic N) is 3. The first kappa shape index (κ1) is 19.6. The van der Waals surface area contributed by atoms with E-state index in [2.05, 4.69) is 22.1 Å². The van der Waals surface area contributed by atoms with E-state index in [1.54, 1.807) is 0 Å². The predicted octanol–water partition coefficient (Wildman–Crippen LogP) is 4.10. The van der Waals surface area contributed by atoms with Gasteiger partial charge in [-0.05, 0) is 37.7 Å². The summed E-state index contributed by atoms with van der Waals surface area (Å²) in [6, 6.07) is 11.2. The van der Waals surface area contributed by atoms with E-state index >= 15 is 0 Å². The average molecular weight is 379 g/mol. The molecule has 1 fully saturated rings. The van der Waals surface area contributed by atoms with E-state index in [1.807, 2.05) is 23.1 Å². The summed E-state index contributed by atoms with van der Waals surface area (Å²) in [5.41, 5.74) is 0.0109. The number of halogens is 3. The first-order chi connectivity index (χ1) is 12.9. The van der Waals surface area contributed by atoms with Crippen molar-refractivity contribution in [2.75, 3.05) is 24.6 Å². The number of hydrogen-bond donors (Lipinski definition) is 1. The summed E-state index contributed by atoms with van der Waals surface area (Å²) in [5.74, 6) is 0.276. The van der Waals surface area contributed by atoms with Crippen LogP contribution in [0.4, 0.5) is 19.0 Å². The molecule has 0 bridgehead atoms. The number of piperidine rings is 1. The van der Waals surface area contributed by atoms with Gasteiger partial charge in [-0.2, -0.15) is 13.2 Å². The Morgan fingerprint density at radius 3 is 2.63 bits per heavy atom. The van der Waals surface area contributed by atoms with E-state index in [-0.39, 0.29) is 17.8 Å². The normalized spacial score (nSPS) is 20.7. The Morgan fingerprint density at radius 1 is 1.15 bits per heavy atom. The molecule has 0 amide bonds. The smallest absolute Gasteiger partial charge is 0.396 e. The van der Waals surface area contributed by atoms with Crippen LogP contribution in [0, 0.1) is 5.41 Å². The van der Waals surface area contributed by atoms with E-state index in [0.717, 1.165) is 44.5 Å². The van der Waals surface area contributed by atoms with Gasteiger partial charge in [0.15, 0.2) is 0 Å². The Hall–Kier alpha value is -2.15. The van der Waals surface area contributed by atoms with Gasteiger partial charge in [0.25, 0.3) is 0 Å². The number of anilines is 1. The molecular formula is C20H24F3N3O. The van der Waals surface area contributed by atoms with Crippen LogP contribution in [-0.2, 0) is 12.6 Å². The number of aliphatic hydroxyl groups excluding tert-OH is 1. The van der Waals surface area contributed by atoms with Gasteiger partial charge in [0.05, 0.1) is 6.61 Å². The number of benzene rings is 1. The van der Waals surface area contributed by atoms with Crippen LogP contribution in [0.15, 0.2) is 42.7 Å². The maximum absolute atomic E-state index is 12.9. The van der Waals surface area contributed by atoms with Crippen LogP contribution in [0.2, 0.25) is 0 Å². The van der Waals surface area contributed by atoms with Crippen LogP contribution < -0.4 is 4.90 Å². The molecule has 1 N–H and O–H groups in total. The van der Waals surface area contributed by atoms with Crippen molar-refractivity contribution >= 4 is 5.82 Å². The lowest BCUT2D eigenvalue weighted by Gasteiger charge is -2.42. The van der Waals surface area contributed by atoms with E-state index in [1.165, 1.54) is 5.56 Å². The van der Waals surface area contributed by atoms with Crippen molar-refractivity contribution in [2.24, 2.45) is 5.41 Å². The van der Waals surface area contributed by atoms with Gasteiger partial charge in [0.1, 0.15) is 17.8 Å². The summed E-state index contributed by atoms with van der Waals surface area (Å²) < 4.78 is 38.8. The number of hydrogen-bond acceptors (Lipinski definition) is 4. The van der Waals surface area contributed by atoms with Gasteiger partial charge in [-0.25, -0.2) is 9.97 Å². The summed E-state index contributed by atoms with van der Waals surface area (Å²) in [7, 11) is 0. The van der Waals surface area contributed by atoms with Gasteiger partial charge in [0, 0.05) is 24.6 Å². The topological polar surface area (TPSA) is 49.2 Å². The summed E-state index contributed by atoms with van der Waals surface area (Å²) in [4.78, 5) is 9.22. The number of aromatic nitrogens is 2. The second-order valence-electron chi connectivity index (χ2n) is 7.28. The molecule has 2 aromatic rings. The van der Waals surface area contributed by atoms with E-state index in [4.69, 9.17) is 0 Å². The zero-order chi connectivity index (χ0) is 19.3. The Morgan fingerprint density at radius 2 is 1.93 bits per heavy atom. The zero-order valence-electron chi connectivity index (χ0n) is 15.1. The second kappa shape index (κ2) is 8.25. The molecule has 1 aliphatic rings. The Balaban J connectivity index is 1.67. The van der Waals surface area contributed by atoms with Crippen LogP contribution in [0.25, 0.3) is 0 Å². The molecule has 1 aromatic carbocycles. The van der Waals surface area contributed by atoms with Crippen molar-refractivity contribution in [3.63, 3.8) is 0 Å². The lowest BCUT2D eigenvalue weighted by molar-refractivity contribution is -0.141. The monoisotopic (exact) mass is 379 g/mol.